The van der Waals surface area contributed by atoms with Crippen molar-refractivity contribution in [2.45, 2.75) is 25.9 Å². The SMILES string of the molecule is COC[C@@](C)(NCc1ncc(C)o1)c1ccccc1. The molecule has 0 spiro atoms. The molecule has 0 amide bonds. The maximum absolute atomic E-state index is 5.48. The van der Waals surface area contributed by atoms with Gasteiger partial charge in [-0.15, -0.1) is 0 Å². The fourth-order valence-corrected chi connectivity index (χ4v) is 2.08. The molecule has 0 saturated heterocycles. The summed E-state index contributed by atoms with van der Waals surface area (Å²) in [4.78, 5) is 4.20. The number of nitrogens with one attached hydrogen (secondary N) is 1. The monoisotopic (exact) mass is 260 g/mol. The lowest BCUT2D eigenvalue weighted by atomic mass is 9.93. The molecule has 0 aliphatic carbocycles. The third kappa shape index (κ3) is 3.43. The first-order chi connectivity index (χ1) is 9.14. The predicted octanol–water partition coefficient (Wildman–Crippen LogP) is 2.63. The van der Waals surface area contributed by atoms with Crippen LogP contribution in [-0.4, -0.2) is 18.7 Å². The van der Waals surface area contributed by atoms with Crippen LogP contribution in [0.4, 0.5) is 0 Å². The molecule has 0 saturated carbocycles. The molecule has 4 heteroatoms. The highest BCUT2D eigenvalue weighted by Crippen LogP contribution is 2.21. The Labute approximate surface area is 113 Å². The van der Waals surface area contributed by atoms with Crippen LogP contribution in [0.15, 0.2) is 40.9 Å². The maximum Gasteiger partial charge on any atom is 0.208 e. The fourth-order valence-electron chi connectivity index (χ4n) is 2.08. The van der Waals surface area contributed by atoms with Crippen molar-refractivity contribution >= 4 is 0 Å². The summed E-state index contributed by atoms with van der Waals surface area (Å²) in [6.45, 7) is 5.16. The Morgan fingerprint density at radius 1 is 1.32 bits per heavy atom. The fraction of sp³-hybridized carbons (Fsp3) is 0.400. The van der Waals surface area contributed by atoms with Gasteiger partial charge in [0.1, 0.15) is 5.76 Å². The van der Waals surface area contributed by atoms with Gasteiger partial charge in [-0.05, 0) is 19.4 Å². The van der Waals surface area contributed by atoms with Gasteiger partial charge in [0.15, 0.2) is 0 Å². The second kappa shape index (κ2) is 5.99. The van der Waals surface area contributed by atoms with Crippen LogP contribution in [0.2, 0.25) is 0 Å². The summed E-state index contributed by atoms with van der Waals surface area (Å²) in [5.41, 5.74) is 0.915. The number of hydrogen-bond acceptors (Lipinski definition) is 4. The number of rotatable bonds is 6. The number of hydrogen-bond donors (Lipinski definition) is 1. The molecule has 1 aromatic carbocycles. The first-order valence-electron chi connectivity index (χ1n) is 6.35. The van der Waals surface area contributed by atoms with Gasteiger partial charge in [0, 0.05) is 7.11 Å². The summed E-state index contributed by atoms with van der Waals surface area (Å²) in [5.74, 6) is 1.51. The van der Waals surface area contributed by atoms with Crippen molar-refractivity contribution in [2.24, 2.45) is 0 Å². The summed E-state index contributed by atoms with van der Waals surface area (Å²) < 4.78 is 10.8. The highest BCUT2D eigenvalue weighted by atomic mass is 16.5. The lowest BCUT2D eigenvalue weighted by Crippen LogP contribution is -2.43. The molecule has 1 heterocycles. The number of benzene rings is 1. The van der Waals surface area contributed by atoms with Gasteiger partial charge in [0.25, 0.3) is 0 Å². The van der Waals surface area contributed by atoms with Crippen molar-refractivity contribution in [1.82, 2.24) is 10.3 Å². The van der Waals surface area contributed by atoms with Crippen molar-refractivity contribution in [3.8, 4) is 0 Å². The third-order valence-electron chi connectivity index (χ3n) is 3.14. The lowest BCUT2D eigenvalue weighted by molar-refractivity contribution is 0.115. The van der Waals surface area contributed by atoms with Gasteiger partial charge >= 0.3 is 0 Å². The highest BCUT2D eigenvalue weighted by Gasteiger charge is 2.26. The van der Waals surface area contributed by atoms with E-state index in [1.54, 1.807) is 13.3 Å². The van der Waals surface area contributed by atoms with E-state index in [0.717, 1.165) is 5.76 Å². The van der Waals surface area contributed by atoms with Gasteiger partial charge in [-0.1, -0.05) is 30.3 Å². The minimum atomic E-state index is -0.265. The van der Waals surface area contributed by atoms with Crippen LogP contribution in [0.25, 0.3) is 0 Å². The predicted molar refractivity (Wildman–Crippen MR) is 73.7 cm³/mol. The minimum absolute atomic E-state index is 0.265. The van der Waals surface area contributed by atoms with E-state index in [2.05, 4.69) is 29.4 Å². The van der Waals surface area contributed by atoms with Crippen LogP contribution in [0, 0.1) is 6.92 Å². The molecule has 0 aliphatic heterocycles. The number of ether oxygens (including phenoxy) is 1. The average Bonchev–Trinajstić information content (AvgIpc) is 2.84. The third-order valence-corrected chi connectivity index (χ3v) is 3.14. The van der Waals surface area contributed by atoms with E-state index in [4.69, 9.17) is 9.15 Å². The normalized spacial score (nSPS) is 14.3. The largest absolute Gasteiger partial charge is 0.445 e. The maximum atomic E-state index is 5.48. The molecule has 19 heavy (non-hydrogen) atoms. The Morgan fingerprint density at radius 2 is 2.05 bits per heavy atom. The topological polar surface area (TPSA) is 47.3 Å². The Kier molecular flexibility index (Phi) is 4.35. The molecule has 2 rings (SSSR count). The highest BCUT2D eigenvalue weighted by molar-refractivity contribution is 5.23. The molecule has 0 unspecified atom stereocenters. The summed E-state index contributed by atoms with van der Waals surface area (Å²) in [5, 5.41) is 3.46. The Hall–Kier alpha value is -1.65. The van der Waals surface area contributed by atoms with Crippen LogP contribution in [0.3, 0.4) is 0 Å². The van der Waals surface area contributed by atoms with E-state index in [9.17, 15) is 0 Å². The standard InChI is InChI=1S/C15H20N2O2/c1-12-9-16-14(19-12)10-17-15(2,11-18-3)13-7-5-4-6-8-13/h4-9,17H,10-11H2,1-3H3/t15-/m1/s1. The molecule has 102 valence electrons. The van der Waals surface area contributed by atoms with Gasteiger partial charge in [-0.2, -0.15) is 0 Å². The minimum Gasteiger partial charge on any atom is -0.445 e. The van der Waals surface area contributed by atoms with E-state index >= 15 is 0 Å². The van der Waals surface area contributed by atoms with Gasteiger partial charge in [0.05, 0.1) is 24.9 Å². The zero-order valence-corrected chi connectivity index (χ0v) is 11.6. The smallest absolute Gasteiger partial charge is 0.208 e. The number of nitrogens with zero attached hydrogens (tertiary/aromatic N) is 1. The molecule has 0 aliphatic rings. The number of oxazole rings is 1. The Balaban J connectivity index is 2.11. The summed E-state index contributed by atoms with van der Waals surface area (Å²) in [6.07, 6.45) is 1.73. The van der Waals surface area contributed by atoms with Crippen molar-refractivity contribution < 1.29 is 9.15 Å². The number of aryl methyl sites for hydroxylation is 1. The van der Waals surface area contributed by atoms with Crippen molar-refractivity contribution in [3.63, 3.8) is 0 Å². The molecule has 1 atom stereocenters. The average molecular weight is 260 g/mol. The van der Waals surface area contributed by atoms with Gasteiger partial charge in [-0.3, -0.25) is 5.32 Å². The van der Waals surface area contributed by atoms with Crippen LogP contribution >= 0.6 is 0 Å². The number of methoxy groups -OCH3 is 1. The van der Waals surface area contributed by atoms with Gasteiger partial charge in [-0.25, -0.2) is 4.98 Å². The van der Waals surface area contributed by atoms with Crippen molar-refractivity contribution in [1.29, 1.82) is 0 Å². The molecule has 0 bridgehead atoms. The van der Waals surface area contributed by atoms with Crippen molar-refractivity contribution in [2.75, 3.05) is 13.7 Å². The summed E-state index contributed by atoms with van der Waals surface area (Å²) in [7, 11) is 1.71. The molecular formula is C15H20N2O2. The summed E-state index contributed by atoms with van der Waals surface area (Å²) in [6, 6.07) is 10.2. The molecule has 1 N–H and O–H groups in total. The zero-order valence-electron chi connectivity index (χ0n) is 11.6. The first kappa shape index (κ1) is 13.8. The van der Waals surface area contributed by atoms with Crippen LogP contribution in [0.1, 0.15) is 24.1 Å². The number of aromatic nitrogens is 1. The van der Waals surface area contributed by atoms with E-state index < -0.39 is 0 Å². The van der Waals surface area contributed by atoms with E-state index in [0.29, 0.717) is 19.0 Å². The first-order valence-corrected chi connectivity index (χ1v) is 6.35. The molecule has 0 fully saturated rings. The second-order valence-corrected chi connectivity index (χ2v) is 4.85. The zero-order chi connectivity index (χ0) is 13.7. The molecule has 2 aromatic rings. The van der Waals surface area contributed by atoms with E-state index in [1.165, 1.54) is 5.56 Å². The lowest BCUT2D eigenvalue weighted by Gasteiger charge is -2.30. The van der Waals surface area contributed by atoms with Crippen LogP contribution in [0.5, 0.6) is 0 Å². The molecule has 1 aromatic heterocycles. The summed E-state index contributed by atoms with van der Waals surface area (Å²) >= 11 is 0. The van der Waals surface area contributed by atoms with E-state index in [1.807, 2.05) is 25.1 Å². The Bertz CT molecular complexity index is 510. The second-order valence-electron chi connectivity index (χ2n) is 4.85. The molecule has 0 radical (unpaired) electrons. The van der Waals surface area contributed by atoms with Crippen LogP contribution < -0.4 is 5.32 Å². The molecule has 4 nitrogen and oxygen atoms in total. The van der Waals surface area contributed by atoms with Crippen molar-refractivity contribution in [3.05, 3.63) is 53.7 Å². The van der Waals surface area contributed by atoms with Crippen LogP contribution in [-0.2, 0) is 16.8 Å². The van der Waals surface area contributed by atoms with Gasteiger partial charge in [0.2, 0.25) is 5.89 Å². The van der Waals surface area contributed by atoms with Gasteiger partial charge < -0.3 is 9.15 Å². The van der Waals surface area contributed by atoms with E-state index in [-0.39, 0.29) is 5.54 Å². The molecular weight excluding hydrogens is 240 g/mol. The Morgan fingerprint density at radius 3 is 2.63 bits per heavy atom. The quantitative estimate of drug-likeness (QED) is 0.867.